The summed E-state index contributed by atoms with van der Waals surface area (Å²) in [5, 5.41) is 0. The fraction of sp³-hybridized carbons (Fsp3) is 0.619. The Balaban J connectivity index is 1.38. The lowest BCUT2D eigenvalue weighted by Crippen LogP contribution is -2.33. The summed E-state index contributed by atoms with van der Waals surface area (Å²) in [5.41, 5.74) is -1.98. The van der Waals surface area contributed by atoms with Crippen LogP contribution in [0.15, 0.2) is 37.6 Å². The Morgan fingerprint density at radius 1 is 1.08 bits per heavy atom. The number of hydrogen-bond donors (Lipinski definition) is 3. The van der Waals surface area contributed by atoms with Crippen LogP contribution in [0.25, 0.3) is 0 Å². The van der Waals surface area contributed by atoms with Crippen LogP contribution in [-0.2, 0) is 23.1 Å². The molecule has 0 aliphatic carbocycles. The van der Waals surface area contributed by atoms with E-state index in [1.165, 1.54) is 27.6 Å². The van der Waals surface area contributed by atoms with Crippen molar-refractivity contribution in [2.24, 2.45) is 5.92 Å². The minimum absolute atomic E-state index is 0.0886. The quantitative estimate of drug-likeness (QED) is 0.408. The Labute approximate surface area is 204 Å². The van der Waals surface area contributed by atoms with Crippen LogP contribution in [-0.4, -0.2) is 48.9 Å². The Kier molecular flexibility index (Phi) is 7.64. The lowest BCUT2D eigenvalue weighted by atomic mass is 10.0. The van der Waals surface area contributed by atoms with E-state index in [1.807, 2.05) is 6.92 Å². The summed E-state index contributed by atoms with van der Waals surface area (Å²) in [6.45, 7) is 4.94. The second kappa shape index (κ2) is 10.4. The van der Waals surface area contributed by atoms with E-state index in [-0.39, 0.29) is 18.9 Å². The molecule has 0 spiro atoms. The summed E-state index contributed by atoms with van der Waals surface area (Å²) in [5.74, 6) is -0.119. The molecule has 2 aromatic heterocycles. The second-order valence-electron chi connectivity index (χ2n) is 9.02. The molecule has 0 saturated carbocycles. The van der Waals surface area contributed by atoms with Gasteiger partial charge in [-0.05, 0) is 25.7 Å². The van der Waals surface area contributed by atoms with E-state index in [0.29, 0.717) is 18.4 Å². The summed E-state index contributed by atoms with van der Waals surface area (Å²) >= 11 is 0. The van der Waals surface area contributed by atoms with Crippen molar-refractivity contribution in [1.82, 2.24) is 19.1 Å². The number of aromatic nitrogens is 4. The van der Waals surface area contributed by atoms with Crippen molar-refractivity contribution >= 4 is 7.82 Å². The van der Waals surface area contributed by atoms with E-state index >= 15 is 0 Å². The number of ether oxygens (including phenoxy) is 2. The number of phosphoric acid groups is 1. The topological polar surface area (TPSA) is 184 Å². The molecule has 7 atom stereocenters. The van der Waals surface area contributed by atoms with Crippen LogP contribution in [0.4, 0.5) is 0 Å². The number of hydrogen-bond acceptors (Lipinski definition) is 9. The molecule has 2 aliphatic rings. The monoisotopic (exact) mass is 528 g/mol. The zero-order valence-electron chi connectivity index (χ0n) is 20.0. The van der Waals surface area contributed by atoms with E-state index < -0.39 is 61.1 Å². The van der Waals surface area contributed by atoms with E-state index in [4.69, 9.17) is 18.5 Å². The fourth-order valence-electron chi connectivity index (χ4n) is 4.41. The lowest BCUT2D eigenvalue weighted by molar-refractivity contribution is -0.0405. The molecule has 0 bridgehead atoms. The molecule has 0 aromatic carbocycles. The summed E-state index contributed by atoms with van der Waals surface area (Å²) < 4.78 is 37.5. The predicted molar refractivity (Wildman–Crippen MR) is 125 cm³/mol. The first kappa shape index (κ1) is 26.5. The van der Waals surface area contributed by atoms with Crippen molar-refractivity contribution in [3.05, 3.63) is 65.7 Å². The highest BCUT2D eigenvalue weighted by Gasteiger charge is 2.42. The Morgan fingerprint density at radius 3 is 2.44 bits per heavy atom. The molecule has 36 heavy (non-hydrogen) atoms. The van der Waals surface area contributed by atoms with Gasteiger partial charge in [-0.25, -0.2) is 14.2 Å². The van der Waals surface area contributed by atoms with E-state index in [1.54, 1.807) is 13.8 Å². The van der Waals surface area contributed by atoms with Crippen LogP contribution >= 0.6 is 7.82 Å². The summed E-state index contributed by atoms with van der Waals surface area (Å²) in [7, 11) is -4.55. The summed E-state index contributed by atoms with van der Waals surface area (Å²) in [6, 6.07) is 1.21. The minimum Gasteiger partial charge on any atom is -0.352 e. The van der Waals surface area contributed by atoms with Crippen molar-refractivity contribution in [1.29, 1.82) is 0 Å². The molecule has 2 saturated heterocycles. The third-order valence-electron chi connectivity index (χ3n) is 6.41. The van der Waals surface area contributed by atoms with Gasteiger partial charge in [0.25, 0.3) is 11.1 Å². The summed E-state index contributed by atoms with van der Waals surface area (Å²) in [6.07, 6.45) is 0.178. The standard InChI is InChI=1S/C21H29N4O10P/c1-4-13-14(8-18(33-13)25-9-12(3)19(27)23-21(25)29)35-36(30,31)32-10-15-11(2)7-17(34-15)24-6-5-16(26)22-20(24)28/h5-6,9,11,13-15,17-18H,4,7-8,10H2,1-3H3,(H,30,31)(H,22,26,28)(H,23,27,29)/t11-,13+,14-,15+,17+,18?/m0/s1. The zero-order valence-corrected chi connectivity index (χ0v) is 20.9. The molecule has 2 unspecified atom stereocenters. The number of aromatic amines is 2. The molecule has 0 radical (unpaired) electrons. The van der Waals surface area contributed by atoms with Crippen LogP contribution in [0.3, 0.4) is 0 Å². The Bertz CT molecular complexity index is 1380. The third-order valence-corrected chi connectivity index (χ3v) is 7.42. The zero-order chi connectivity index (χ0) is 26.2. The van der Waals surface area contributed by atoms with Crippen molar-refractivity contribution in [3.8, 4) is 0 Å². The molecule has 15 heteroatoms. The van der Waals surface area contributed by atoms with Gasteiger partial charge in [0.2, 0.25) is 0 Å². The highest BCUT2D eigenvalue weighted by molar-refractivity contribution is 7.47. The van der Waals surface area contributed by atoms with Gasteiger partial charge in [0.1, 0.15) is 12.5 Å². The van der Waals surface area contributed by atoms with Gasteiger partial charge in [0, 0.05) is 30.4 Å². The van der Waals surface area contributed by atoms with Gasteiger partial charge in [-0.3, -0.25) is 37.7 Å². The molecule has 4 heterocycles. The maximum absolute atomic E-state index is 12.7. The van der Waals surface area contributed by atoms with Gasteiger partial charge in [-0.1, -0.05) is 13.8 Å². The number of H-pyrrole nitrogens is 2. The molecule has 0 amide bonds. The van der Waals surface area contributed by atoms with Crippen LogP contribution in [0, 0.1) is 12.8 Å². The number of rotatable bonds is 8. The Hall–Kier alpha value is -2.61. The molecule has 2 aromatic rings. The van der Waals surface area contributed by atoms with Gasteiger partial charge in [-0.15, -0.1) is 0 Å². The average Bonchev–Trinajstić information content (AvgIpc) is 3.37. The molecular weight excluding hydrogens is 499 g/mol. The molecular formula is C21H29N4O10P. The average molecular weight is 528 g/mol. The minimum atomic E-state index is -4.55. The third kappa shape index (κ3) is 5.69. The highest BCUT2D eigenvalue weighted by Crippen LogP contribution is 2.49. The first-order chi connectivity index (χ1) is 17.0. The van der Waals surface area contributed by atoms with Crippen molar-refractivity contribution in [2.75, 3.05) is 6.61 Å². The fourth-order valence-corrected chi connectivity index (χ4v) is 5.37. The van der Waals surface area contributed by atoms with Crippen molar-refractivity contribution < 1.29 is 28.0 Å². The van der Waals surface area contributed by atoms with Crippen LogP contribution < -0.4 is 22.5 Å². The molecule has 4 rings (SSSR count). The van der Waals surface area contributed by atoms with Crippen LogP contribution in [0.2, 0.25) is 0 Å². The van der Waals surface area contributed by atoms with Gasteiger partial charge < -0.3 is 14.4 Å². The van der Waals surface area contributed by atoms with Gasteiger partial charge in [0.05, 0.1) is 24.9 Å². The Morgan fingerprint density at radius 2 is 1.75 bits per heavy atom. The molecule has 3 N–H and O–H groups in total. The number of aryl methyl sites for hydroxylation is 1. The predicted octanol–water partition coefficient (Wildman–Crippen LogP) is 0.519. The smallest absolute Gasteiger partial charge is 0.352 e. The first-order valence-corrected chi connectivity index (χ1v) is 13.1. The first-order valence-electron chi connectivity index (χ1n) is 11.6. The number of phosphoric ester groups is 1. The maximum atomic E-state index is 12.7. The van der Waals surface area contributed by atoms with E-state index in [9.17, 15) is 28.6 Å². The van der Waals surface area contributed by atoms with E-state index in [2.05, 4.69) is 9.97 Å². The SMILES string of the molecule is CC[C@H]1OC(n2cc(C)c(=O)[nH]c2=O)C[C@@H]1OP(=O)(O)OC[C@H]1O[C@@H](n2ccc(=O)[nH]c2=O)C[C@@H]1C. The molecule has 198 valence electrons. The van der Waals surface area contributed by atoms with Crippen molar-refractivity contribution in [3.63, 3.8) is 0 Å². The van der Waals surface area contributed by atoms with Gasteiger partial charge in [-0.2, -0.15) is 0 Å². The molecule has 14 nitrogen and oxygen atoms in total. The number of nitrogens with zero attached hydrogens (tertiary/aromatic N) is 2. The van der Waals surface area contributed by atoms with Crippen molar-refractivity contribution in [2.45, 2.75) is 70.8 Å². The summed E-state index contributed by atoms with van der Waals surface area (Å²) in [4.78, 5) is 61.9. The highest BCUT2D eigenvalue weighted by atomic mass is 31.2. The van der Waals surface area contributed by atoms with Gasteiger partial charge in [0.15, 0.2) is 0 Å². The largest absolute Gasteiger partial charge is 0.472 e. The normalized spacial score (nSPS) is 29.9. The van der Waals surface area contributed by atoms with E-state index in [0.717, 1.165) is 0 Å². The van der Waals surface area contributed by atoms with Gasteiger partial charge >= 0.3 is 19.2 Å². The second-order valence-corrected chi connectivity index (χ2v) is 10.4. The lowest BCUT2D eigenvalue weighted by Gasteiger charge is -2.22. The number of nitrogens with one attached hydrogen (secondary N) is 2. The molecule has 2 aliphatic heterocycles. The maximum Gasteiger partial charge on any atom is 0.472 e. The van der Waals surface area contributed by atoms with Crippen LogP contribution in [0.1, 0.15) is 51.1 Å². The van der Waals surface area contributed by atoms with Crippen LogP contribution in [0.5, 0.6) is 0 Å². The molecule has 2 fully saturated rings.